The molecular weight excluding hydrogens is 360 g/mol. The molecule has 4 atom stereocenters. The fraction of sp³-hybridized carbons (Fsp3) is 0.571. The third-order valence-corrected chi connectivity index (χ3v) is 5.40. The number of methoxy groups -OCH3 is 1. The van der Waals surface area contributed by atoms with Crippen molar-refractivity contribution in [3.63, 3.8) is 0 Å². The number of fused-ring (bicyclic) bond motifs is 2. The van der Waals surface area contributed by atoms with Crippen LogP contribution in [0, 0.1) is 5.92 Å². The van der Waals surface area contributed by atoms with Crippen LogP contribution in [0.25, 0.3) is 0 Å². The van der Waals surface area contributed by atoms with Gasteiger partial charge in [-0.3, -0.25) is 9.69 Å². The number of benzene rings is 1. The van der Waals surface area contributed by atoms with Gasteiger partial charge in [0, 0.05) is 6.54 Å². The van der Waals surface area contributed by atoms with Crippen molar-refractivity contribution in [2.24, 2.45) is 5.92 Å². The van der Waals surface area contributed by atoms with Gasteiger partial charge in [-0.25, -0.2) is 9.59 Å². The number of hydrogen-bond donors (Lipinski definition) is 0. The first-order chi connectivity index (χ1) is 13.1. The number of ether oxygens (including phenoxy) is 2. The van der Waals surface area contributed by atoms with Crippen LogP contribution >= 0.6 is 0 Å². The number of carbonyl (C=O) groups is 3. The molecule has 7 heteroatoms. The van der Waals surface area contributed by atoms with Crippen molar-refractivity contribution in [2.45, 2.75) is 57.8 Å². The maximum atomic E-state index is 13.2. The summed E-state index contributed by atoms with van der Waals surface area (Å²) in [6.45, 7) is 7.64. The number of carbonyl (C=O) groups excluding carboxylic acids is 3. The molecule has 0 saturated carbocycles. The van der Waals surface area contributed by atoms with Crippen LogP contribution in [0.4, 0.5) is 4.79 Å². The molecule has 2 heterocycles. The molecule has 28 heavy (non-hydrogen) atoms. The van der Waals surface area contributed by atoms with E-state index < -0.39 is 29.6 Å². The molecule has 0 unspecified atom stereocenters. The van der Waals surface area contributed by atoms with E-state index in [9.17, 15) is 14.4 Å². The first-order valence-electron chi connectivity index (χ1n) is 9.58. The smallest absolute Gasteiger partial charge is 0.411 e. The zero-order valence-electron chi connectivity index (χ0n) is 17.0. The van der Waals surface area contributed by atoms with Gasteiger partial charge in [0.1, 0.15) is 11.6 Å². The Morgan fingerprint density at radius 1 is 1.18 bits per heavy atom. The van der Waals surface area contributed by atoms with Gasteiger partial charge in [0.05, 0.1) is 25.1 Å². The van der Waals surface area contributed by atoms with Crippen LogP contribution in [0.3, 0.4) is 0 Å². The largest absolute Gasteiger partial charge is 0.467 e. The van der Waals surface area contributed by atoms with Crippen LogP contribution in [0.15, 0.2) is 30.3 Å². The molecule has 0 radical (unpaired) electrons. The molecule has 0 spiro atoms. The van der Waals surface area contributed by atoms with Crippen molar-refractivity contribution in [2.75, 3.05) is 13.7 Å². The SMILES string of the molecule is COC(=O)[C@H]1[C@H]2C[C@H](CN([C@@H](C)c3ccccc3)C2=O)N1C(=O)OC(C)(C)C. The molecule has 0 aliphatic carbocycles. The second-order valence-corrected chi connectivity index (χ2v) is 8.43. The van der Waals surface area contributed by atoms with Crippen molar-refractivity contribution < 1.29 is 23.9 Å². The van der Waals surface area contributed by atoms with E-state index in [1.165, 1.54) is 12.0 Å². The number of rotatable bonds is 3. The summed E-state index contributed by atoms with van der Waals surface area (Å²) in [6.07, 6.45) is -0.145. The third kappa shape index (κ3) is 3.70. The van der Waals surface area contributed by atoms with Crippen LogP contribution in [0.1, 0.15) is 45.7 Å². The van der Waals surface area contributed by atoms with Crippen molar-refractivity contribution in [1.29, 1.82) is 0 Å². The second-order valence-electron chi connectivity index (χ2n) is 8.43. The molecule has 2 aliphatic heterocycles. The van der Waals surface area contributed by atoms with Gasteiger partial charge < -0.3 is 14.4 Å². The van der Waals surface area contributed by atoms with Gasteiger partial charge in [-0.1, -0.05) is 30.3 Å². The summed E-state index contributed by atoms with van der Waals surface area (Å²) in [4.78, 5) is 41.7. The van der Waals surface area contributed by atoms with E-state index in [4.69, 9.17) is 9.47 Å². The van der Waals surface area contributed by atoms with Crippen molar-refractivity contribution in [1.82, 2.24) is 9.80 Å². The minimum absolute atomic E-state index is 0.130. The van der Waals surface area contributed by atoms with E-state index in [0.717, 1.165) is 5.56 Å². The standard InChI is InChI=1S/C21H28N2O5/c1-13(14-9-7-6-8-10-14)22-12-15-11-16(18(22)24)17(19(25)27-5)23(15)20(26)28-21(2,3)4/h6-10,13,15-17H,11-12H2,1-5H3/t13-,15+,16+,17+/m0/s1. The molecule has 0 N–H and O–H groups in total. The fourth-order valence-electron chi connectivity index (χ4n) is 4.12. The van der Waals surface area contributed by atoms with Gasteiger partial charge in [-0.15, -0.1) is 0 Å². The molecular formula is C21H28N2O5. The molecule has 7 nitrogen and oxygen atoms in total. The molecule has 2 amide bonds. The number of esters is 1. The summed E-state index contributed by atoms with van der Waals surface area (Å²) in [7, 11) is 1.27. The van der Waals surface area contributed by atoms with Crippen LogP contribution in [-0.4, -0.2) is 59.1 Å². The number of likely N-dealkylation sites (tertiary alicyclic amines) is 2. The lowest BCUT2D eigenvalue weighted by molar-refractivity contribution is -0.151. The van der Waals surface area contributed by atoms with Crippen LogP contribution in [0.5, 0.6) is 0 Å². The Hall–Kier alpha value is -2.57. The Morgan fingerprint density at radius 3 is 2.39 bits per heavy atom. The highest BCUT2D eigenvalue weighted by Crippen LogP contribution is 2.40. The van der Waals surface area contributed by atoms with Crippen LogP contribution in [0.2, 0.25) is 0 Å². The number of amides is 2. The van der Waals surface area contributed by atoms with Gasteiger partial charge >= 0.3 is 12.1 Å². The van der Waals surface area contributed by atoms with E-state index in [1.807, 2.05) is 37.3 Å². The number of piperidine rings is 1. The lowest BCUT2D eigenvalue weighted by Gasteiger charge is -2.37. The van der Waals surface area contributed by atoms with Gasteiger partial charge in [0.2, 0.25) is 5.91 Å². The van der Waals surface area contributed by atoms with Crippen molar-refractivity contribution in [3.05, 3.63) is 35.9 Å². The predicted molar refractivity (Wildman–Crippen MR) is 102 cm³/mol. The second kappa shape index (κ2) is 7.45. The van der Waals surface area contributed by atoms with E-state index in [0.29, 0.717) is 13.0 Å². The summed E-state index contributed by atoms with van der Waals surface area (Å²) < 4.78 is 10.4. The summed E-state index contributed by atoms with van der Waals surface area (Å²) in [5.74, 6) is -1.33. The Bertz CT molecular complexity index is 758. The van der Waals surface area contributed by atoms with Gasteiger partial charge in [-0.05, 0) is 39.7 Å². The lowest BCUT2D eigenvalue weighted by atomic mass is 9.92. The minimum Gasteiger partial charge on any atom is -0.467 e. The predicted octanol–water partition coefficient (Wildman–Crippen LogP) is 2.76. The highest BCUT2D eigenvalue weighted by atomic mass is 16.6. The van der Waals surface area contributed by atoms with Crippen LogP contribution in [-0.2, 0) is 19.1 Å². The number of nitrogens with zero attached hydrogens (tertiary/aromatic N) is 2. The molecule has 1 aromatic rings. The Labute approximate surface area is 165 Å². The van der Waals surface area contributed by atoms with E-state index in [2.05, 4.69) is 0 Å². The number of hydrogen-bond acceptors (Lipinski definition) is 5. The minimum atomic E-state index is -0.953. The highest BCUT2D eigenvalue weighted by Gasteiger charge is 2.57. The Morgan fingerprint density at radius 2 is 1.82 bits per heavy atom. The molecule has 2 aliphatic rings. The molecule has 1 aromatic carbocycles. The Kier molecular flexibility index (Phi) is 5.37. The average Bonchev–Trinajstić information content (AvgIpc) is 2.97. The molecule has 2 fully saturated rings. The van der Waals surface area contributed by atoms with Crippen molar-refractivity contribution >= 4 is 18.0 Å². The van der Waals surface area contributed by atoms with Gasteiger partial charge in [0.25, 0.3) is 0 Å². The maximum Gasteiger partial charge on any atom is 0.411 e. The zero-order valence-corrected chi connectivity index (χ0v) is 17.0. The van der Waals surface area contributed by atoms with E-state index in [1.54, 1.807) is 25.7 Å². The first-order valence-corrected chi connectivity index (χ1v) is 9.58. The summed E-state index contributed by atoms with van der Waals surface area (Å²) in [5, 5.41) is 0. The summed E-state index contributed by atoms with van der Waals surface area (Å²) in [5.41, 5.74) is 0.311. The first kappa shape index (κ1) is 20.2. The summed E-state index contributed by atoms with van der Waals surface area (Å²) in [6, 6.07) is 8.33. The maximum absolute atomic E-state index is 13.2. The van der Waals surface area contributed by atoms with Crippen molar-refractivity contribution in [3.8, 4) is 0 Å². The topological polar surface area (TPSA) is 76.2 Å². The molecule has 0 aromatic heterocycles. The normalized spacial score (nSPS) is 25.5. The monoisotopic (exact) mass is 388 g/mol. The molecule has 2 saturated heterocycles. The quantitative estimate of drug-likeness (QED) is 0.744. The fourth-order valence-corrected chi connectivity index (χ4v) is 4.12. The average molecular weight is 388 g/mol. The highest BCUT2D eigenvalue weighted by molar-refractivity contribution is 5.92. The summed E-state index contributed by atoms with van der Waals surface area (Å²) >= 11 is 0. The van der Waals surface area contributed by atoms with Gasteiger partial charge in [-0.2, -0.15) is 0 Å². The zero-order chi connectivity index (χ0) is 20.6. The Balaban J connectivity index is 1.91. The molecule has 2 bridgehead atoms. The van der Waals surface area contributed by atoms with E-state index in [-0.39, 0.29) is 18.0 Å². The third-order valence-electron chi connectivity index (χ3n) is 5.40. The molecule has 3 rings (SSSR count). The van der Waals surface area contributed by atoms with Gasteiger partial charge in [0.15, 0.2) is 0 Å². The van der Waals surface area contributed by atoms with Crippen LogP contribution < -0.4 is 0 Å². The lowest BCUT2D eigenvalue weighted by Crippen LogP contribution is -2.49. The molecule has 152 valence electrons. The van der Waals surface area contributed by atoms with E-state index >= 15 is 0 Å².